The van der Waals surface area contributed by atoms with Gasteiger partial charge in [0.25, 0.3) is 5.91 Å². The molecule has 0 heterocycles. The summed E-state index contributed by atoms with van der Waals surface area (Å²) < 4.78 is 0. The number of carbonyl (C=O) groups excluding carboxylic acids is 1. The van der Waals surface area contributed by atoms with Crippen molar-refractivity contribution in [3.05, 3.63) is 53.6 Å². The van der Waals surface area contributed by atoms with Gasteiger partial charge in [0.05, 0.1) is 5.69 Å². The van der Waals surface area contributed by atoms with Crippen molar-refractivity contribution in [2.75, 3.05) is 11.1 Å². The van der Waals surface area contributed by atoms with Crippen LogP contribution in [0.1, 0.15) is 29.3 Å². The fourth-order valence-electron chi connectivity index (χ4n) is 1.96. The SMILES string of the molecule is CCCc1ccc(O)c(NC(=O)c2ccc(N)cc2)c1. The smallest absolute Gasteiger partial charge is 0.255 e. The van der Waals surface area contributed by atoms with E-state index >= 15 is 0 Å². The predicted molar refractivity (Wildman–Crippen MR) is 80.9 cm³/mol. The van der Waals surface area contributed by atoms with Gasteiger partial charge in [0.2, 0.25) is 0 Å². The van der Waals surface area contributed by atoms with Crippen molar-refractivity contribution < 1.29 is 9.90 Å². The first-order valence-electron chi connectivity index (χ1n) is 6.59. The number of hydrogen-bond acceptors (Lipinski definition) is 3. The van der Waals surface area contributed by atoms with Crippen LogP contribution in [-0.2, 0) is 6.42 Å². The lowest BCUT2D eigenvalue weighted by molar-refractivity contribution is 0.102. The Morgan fingerprint density at radius 3 is 2.55 bits per heavy atom. The van der Waals surface area contributed by atoms with E-state index < -0.39 is 0 Å². The summed E-state index contributed by atoms with van der Waals surface area (Å²) in [6.45, 7) is 2.08. The Labute approximate surface area is 118 Å². The Morgan fingerprint density at radius 2 is 1.90 bits per heavy atom. The molecule has 0 aliphatic rings. The number of nitrogens with one attached hydrogen (secondary N) is 1. The van der Waals surface area contributed by atoms with Crippen molar-refractivity contribution in [1.82, 2.24) is 0 Å². The zero-order valence-corrected chi connectivity index (χ0v) is 11.4. The number of phenolic OH excluding ortho intramolecular Hbond substituents is 1. The van der Waals surface area contributed by atoms with Crippen LogP contribution in [0.25, 0.3) is 0 Å². The maximum absolute atomic E-state index is 12.1. The number of nitrogen functional groups attached to an aromatic ring is 1. The molecule has 0 aliphatic heterocycles. The quantitative estimate of drug-likeness (QED) is 0.590. The van der Waals surface area contributed by atoms with Gasteiger partial charge in [-0.25, -0.2) is 0 Å². The van der Waals surface area contributed by atoms with Gasteiger partial charge in [-0.05, 0) is 48.4 Å². The summed E-state index contributed by atoms with van der Waals surface area (Å²) in [5, 5.41) is 12.5. The van der Waals surface area contributed by atoms with E-state index in [4.69, 9.17) is 5.73 Å². The standard InChI is InChI=1S/C16H18N2O2/c1-2-3-11-4-9-15(19)14(10-11)18-16(20)12-5-7-13(17)8-6-12/h4-10,19H,2-3,17H2,1H3,(H,18,20). The first kappa shape index (κ1) is 13.9. The largest absolute Gasteiger partial charge is 0.506 e. The summed E-state index contributed by atoms with van der Waals surface area (Å²) in [6.07, 6.45) is 1.92. The van der Waals surface area contributed by atoms with Crippen LogP contribution in [0.4, 0.5) is 11.4 Å². The number of hydrogen-bond donors (Lipinski definition) is 3. The van der Waals surface area contributed by atoms with Crippen molar-refractivity contribution in [2.24, 2.45) is 0 Å². The Hall–Kier alpha value is -2.49. The fraction of sp³-hybridized carbons (Fsp3) is 0.188. The van der Waals surface area contributed by atoms with Gasteiger partial charge >= 0.3 is 0 Å². The van der Waals surface area contributed by atoms with E-state index in [0.717, 1.165) is 18.4 Å². The van der Waals surface area contributed by atoms with Gasteiger partial charge in [-0.2, -0.15) is 0 Å². The maximum Gasteiger partial charge on any atom is 0.255 e. The van der Waals surface area contributed by atoms with Crippen molar-refractivity contribution in [1.29, 1.82) is 0 Å². The van der Waals surface area contributed by atoms with Crippen molar-refractivity contribution >= 4 is 17.3 Å². The normalized spacial score (nSPS) is 10.2. The van der Waals surface area contributed by atoms with Crippen LogP contribution in [-0.4, -0.2) is 11.0 Å². The molecule has 4 nitrogen and oxygen atoms in total. The van der Waals surface area contributed by atoms with E-state index in [1.165, 1.54) is 0 Å². The molecular weight excluding hydrogens is 252 g/mol. The third-order valence-corrected chi connectivity index (χ3v) is 3.02. The lowest BCUT2D eigenvalue weighted by Gasteiger charge is -2.09. The summed E-state index contributed by atoms with van der Waals surface area (Å²) in [4.78, 5) is 12.1. The number of carbonyl (C=O) groups is 1. The zero-order valence-electron chi connectivity index (χ0n) is 11.4. The molecule has 0 radical (unpaired) electrons. The highest BCUT2D eigenvalue weighted by molar-refractivity contribution is 6.05. The van der Waals surface area contributed by atoms with Gasteiger partial charge in [-0.1, -0.05) is 19.4 Å². The molecule has 0 unspecified atom stereocenters. The molecule has 0 bridgehead atoms. The minimum Gasteiger partial charge on any atom is -0.506 e. The zero-order chi connectivity index (χ0) is 14.5. The van der Waals surface area contributed by atoms with Gasteiger partial charge in [0.1, 0.15) is 5.75 Å². The summed E-state index contributed by atoms with van der Waals surface area (Å²) in [5.41, 5.74) is 8.20. The number of rotatable bonds is 4. The summed E-state index contributed by atoms with van der Waals surface area (Å²) in [5.74, 6) is -0.206. The summed E-state index contributed by atoms with van der Waals surface area (Å²) in [6, 6.07) is 11.9. The molecule has 20 heavy (non-hydrogen) atoms. The van der Waals surface area contributed by atoms with Crippen LogP contribution >= 0.6 is 0 Å². The molecule has 4 heteroatoms. The second kappa shape index (κ2) is 6.10. The number of aromatic hydroxyl groups is 1. The summed E-state index contributed by atoms with van der Waals surface area (Å²) in [7, 11) is 0. The van der Waals surface area contributed by atoms with Crippen LogP contribution in [0, 0.1) is 0 Å². The Kier molecular flexibility index (Phi) is 4.25. The Bertz CT molecular complexity index is 606. The minimum absolute atomic E-state index is 0.0636. The number of phenols is 1. The van der Waals surface area contributed by atoms with E-state index in [2.05, 4.69) is 12.2 Å². The van der Waals surface area contributed by atoms with Crippen LogP contribution in [0.2, 0.25) is 0 Å². The third kappa shape index (κ3) is 3.29. The van der Waals surface area contributed by atoms with E-state index in [1.54, 1.807) is 36.4 Å². The average Bonchev–Trinajstić information content (AvgIpc) is 2.43. The topological polar surface area (TPSA) is 75.3 Å². The van der Waals surface area contributed by atoms with E-state index in [0.29, 0.717) is 16.9 Å². The van der Waals surface area contributed by atoms with E-state index in [9.17, 15) is 9.90 Å². The molecule has 0 atom stereocenters. The summed E-state index contributed by atoms with van der Waals surface area (Å²) >= 11 is 0. The highest BCUT2D eigenvalue weighted by atomic mass is 16.3. The van der Waals surface area contributed by atoms with Crippen LogP contribution < -0.4 is 11.1 Å². The van der Waals surface area contributed by atoms with Crippen molar-refractivity contribution in [3.63, 3.8) is 0 Å². The molecule has 2 aromatic rings. The number of aryl methyl sites for hydroxylation is 1. The molecule has 104 valence electrons. The molecule has 1 amide bonds. The highest BCUT2D eigenvalue weighted by Crippen LogP contribution is 2.25. The molecule has 0 fully saturated rings. The molecule has 0 aliphatic carbocycles. The predicted octanol–water partition coefficient (Wildman–Crippen LogP) is 3.18. The molecule has 0 saturated carbocycles. The lowest BCUT2D eigenvalue weighted by Crippen LogP contribution is -2.12. The van der Waals surface area contributed by atoms with Crippen LogP contribution in [0.5, 0.6) is 5.75 Å². The van der Waals surface area contributed by atoms with Gasteiger partial charge in [-0.3, -0.25) is 4.79 Å². The monoisotopic (exact) mass is 270 g/mol. The molecule has 0 spiro atoms. The Morgan fingerprint density at radius 1 is 1.20 bits per heavy atom. The van der Waals surface area contributed by atoms with E-state index in [-0.39, 0.29) is 11.7 Å². The van der Waals surface area contributed by atoms with Crippen molar-refractivity contribution in [3.8, 4) is 5.75 Å². The van der Waals surface area contributed by atoms with Gasteiger partial charge in [-0.15, -0.1) is 0 Å². The lowest BCUT2D eigenvalue weighted by atomic mass is 10.1. The molecule has 0 saturated heterocycles. The first-order valence-corrected chi connectivity index (χ1v) is 6.59. The van der Waals surface area contributed by atoms with Gasteiger partial charge in [0, 0.05) is 11.3 Å². The van der Waals surface area contributed by atoms with E-state index in [1.807, 2.05) is 6.07 Å². The average molecular weight is 270 g/mol. The Balaban J connectivity index is 2.18. The minimum atomic E-state index is -0.269. The number of benzene rings is 2. The molecule has 2 rings (SSSR count). The van der Waals surface area contributed by atoms with Crippen molar-refractivity contribution in [2.45, 2.75) is 19.8 Å². The number of amides is 1. The van der Waals surface area contributed by atoms with Gasteiger partial charge in [0.15, 0.2) is 0 Å². The van der Waals surface area contributed by atoms with Gasteiger partial charge < -0.3 is 16.2 Å². The number of anilines is 2. The highest BCUT2D eigenvalue weighted by Gasteiger charge is 2.09. The fourth-order valence-corrected chi connectivity index (χ4v) is 1.96. The molecule has 2 aromatic carbocycles. The third-order valence-electron chi connectivity index (χ3n) is 3.02. The number of nitrogens with two attached hydrogens (primary N) is 1. The van der Waals surface area contributed by atoms with Crippen LogP contribution in [0.3, 0.4) is 0 Å². The maximum atomic E-state index is 12.1. The molecule has 0 aromatic heterocycles. The second-order valence-corrected chi connectivity index (χ2v) is 4.68. The van der Waals surface area contributed by atoms with Crippen LogP contribution in [0.15, 0.2) is 42.5 Å². The molecular formula is C16H18N2O2. The second-order valence-electron chi connectivity index (χ2n) is 4.68. The molecule has 4 N–H and O–H groups in total. The first-order chi connectivity index (χ1) is 9.60.